The molecule has 0 radical (unpaired) electrons. The number of benzene rings is 1. The van der Waals surface area contributed by atoms with Gasteiger partial charge in [0.25, 0.3) is 0 Å². The van der Waals surface area contributed by atoms with Crippen LogP contribution in [0.2, 0.25) is 5.02 Å². The largest absolute Gasteiger partial charge is 0.312 e. The van der Waals surface area contributed by atoms with Crippen molar-refractivity contribution in [2.24, 2.45) is 7.05 Å². The van der Waals surface area contributed by atoms with Gasteiger partial charge in [0.2, 0.25) is 0 Å². The summed E-state index contributed by atoms with van der Waals surface area (Å²) in [5.74, 6) is 0. The maximum Gasteiger partial charge on any atom is 0.0522 e. The van der Waals surface area contributed by atoms with Crippen LogP contribution in [0.25, 0.3) is 0 Å². The normalized spacial score (nSPS) is 10.8. The SMILES string of the molecule is Cc1ccc(CNCCc2cnn(C)c2)cc1Cl. The van der Waals surface area contributed by atoms with Crippen LogP contribution in [-0.2, 0) is 20.0 Å². The van der Waals surface area contributed by atoms with Gasteiger partial charge in [0.1, 0.15) is 0 Å². The topological polar surface area (TPSA) is 29.9 Å². The summed E-state index contributed by atoms with van der Waals surface area (Å²) in [4.78, 5) is 0. The van der Waals surface area contributed by atoms with Crippen molar-refractivity contribution in [3.8, 4) is 0 Å². The van der Waals surface area contributed by atoms with E-state index >= 15 is 0 Å². The van der Waals surface area contributed by atoms with E-state index in [2.05, 4.69) is 22.5 Å². The van der Waals surface area contributed by atoms with Gasteiger partial charge in [-0.2, -0.15) is 5.10 Å². The number of aryl methyl sites for hydroxylation is 2. The van der Waals surface area contributed by atoms with Gasteiger partial charge in [-0.15, -0.1) is 0 Å². The minimum absolute atomic E-state index is 0.835. The Morgan fingerprint density at radius 3 is 2.83 bits per heavy atom. The fourth-order valence-electron chi connectivity index (χ4n) is 1.81. The van der Waals surface area contributed by atoms with Crippen LogP contribution in [-0.4, -0.2) is 16.3 Å². The van der Waals surface area contributed by atoms with Crippen LogP contribution in [0, 0.1) is 6.92 Å². The van der Waals surface area contributed by atoms with Crippen molar-refractivity contribution in [1.82, 2.24) is 15.1 Å². The fourth-order valence-corrected chi connectivity index (χ4v) is 2.02. The molecular weight excluding hydrogens is 246 g/mol. The Morgan fingerprint density at radius 2 is 2.17 bits per heavy atom. The van der Waals surface area contributed by atoms with Crippen LogP contribution < -0.4 is 5.32 Å². The second-order valence-electron chi connectivity index (χ2n) is 4.53. The third kappa shape index (κ3) is 3.59. The predicted molar refractivity (Wildman–Crippen MR) is 74.8 cm³/mol. The van der Waals surface area contributed by atoms with Crippen molar-refractivity contribution in [2.45, 2.75) is 19.9 Å². The number of nitrogens with zero attached hydrogens (tertiary/aromatic N) is 2. The first-order chi connectivity index (χ1) is 8.65. The standard InChI is InChI=1S/C14H18ClN3/c1-11-3-4-12(7-14(11)15)8-16-6-5-13-9-17-18(2)10-13/h3-4,7,9-10,16H,5-6,8H2,1-2H3. The summed E-state index contributed by atoms with van der Waals surface area (Å²) in [6.07, 6.45) is 4.95. The number of aromatic nitrogens is 2. The Kier molecular flexibility index (Phi) is 4.39. The maximum atomic E-state index is 6.09. The van der Waals surface area contributed by atoms with Crippen molar-refractivity contribution in [3.05, 3.63) is 52.3 Å². The molecule has 0 aliphatic rings. The molecular formula is C14H18ClN3. The minimum atomic E-state index is 0.835. The summed E-state index contributed by atoms with van der Waals surface area (Å²) in [6, 6.07) is 6.19. The lowest BCUT2D eigenvalue weighted by atomic mass is 10.1. The van der Waals surface area contributed by atoms with Crippen molar-refractivity contribution in [2.75, 3.05) is 6.54 Å². The number of rotatable bonds is 5. The quantitative estimate of drug-likeness (QED) is 0.841. The number of hydrogen-bond donors (Lipinski definition) is 1. The van der Waals surface area contributed by atoms with E-state index in [9.17, 15) is 0 Å². The molecule has 1 heterocycles. The minimum Gasteiger partial charge on any atom is -0.312 e. The van der Waals surface area contributed by atoms with Crippen LogP contribution in [0.3, 0.4) is 0 Å². The summed E-state index contributed by atoms with van der Waals surface area (Å²) in [6.45, 7) is 3.80. The number of hydrogen-bond acceptors (Lipinski definition) is 2. The molecule has 0 atom stereocenters. The van der Waals surface area contributed by atoms with Crippen LogP contribution in [0.1, 0.15) is 16.7 Å². The third-order valence-corrected chi connectivity index (χ3v) is 3.32. The first kappa shape index (κ1) is 13.1. The van der Waals surface area contributed by atoms with Crippen molar-refractivity contribution < 1.29 is 0 Å². The molecule has 1 aromatic heterocycles. The van der Waals surface area contributed by atoms with Crippen molar-refractivity contribution >= 4 is 11.6 Å². The molecule has 96 valence electrons. The average Bonchev–Trinajstić information content (AvgIpc) is 2.75. The molecule has 0 saturated carbocycles. The summed E-state index contributed by atoms with van der Waals surface area (Å²) in [5, 5.41) is 8.39. The molecule has 3 nitrogen and oxygen atoms in total. The molecule has 18 heavy (non-hydrogen) atoms. The Morgan fingerprint density at radius 1 is 1.33 bits per heavy atom. The van der Waals surface area contributed by atoms with Crippen LogP contribution in [0.15, 0.2) is 30.6 Å². The van der Waals surface area contributed by atoms with Gasteiger partial charge >= 0.3 is 0 Å². The second kappa shape index (κ2) is 6.03. The second-order valence-corrected chi connectivity index (χ2v) is 4.94. The van der Waals surface area contributed by atoms with E-state index in [0.29, 0.717) is 0 Å². The van der Waals surface area contributed by atoms with Crippen LogP contribution >= 0.6 is 11.6 Å². The predicted octanol–water partition coefficient (Wildman–Crippen LogP) is 2.71. The molecule has 4 heteroatoms. The zero-order chi connectivity index (χ0) is 13.0. The van der Waals surface area contributed by atoms with E-state index in [0.717, 1.165) is 30.1 Å². The molecule has 1 aromatic carbocycles. The highest BCUT2D eigenvalue weighted by Crippen LogP contribution is 2.16. The van der Waals surface area contributed by atoms with Gasteiger partial charge in [-0.05, 0) is 42.6 Å². The summed E-state index contributed by atoms with van der Waals surface area (Å²) in [5.41, 5.74) is 3.60. The molecule has 0 aliphatic heterocycles. The van der Waals surface area contributed by atoms with Gasteiger partial charge in [-0.1, -0.05) is 23.7 Å². The van der Waals surface area contributed by atoms with E-state index < -0.39 is 0 Å². The Hall–Kier alpha value is -1.32. The molecule has 0 fully saturated rings. The van der Waals surface area contributed by atoms with E-state index in [1.807, 2.05) is 37.1 Å². The lowest BCUT2D eigenvalue weighted by molar-refractivity contribution is 0.686. The lowest BCUT2D eigenvalue weighted by Crippen LogP contribution is -2.16. The molecule has 0 saturated heterocycles. The Bertz CT molecular complexity index is 520. The van der Waals surface area contributed by atoms with Gasteiger partial charge in [0, 0.05) is 24.8 Å². The van der Waals surface area contributed by atoms with Gasteiger partial charge < -0.3 is 5.32 Å². The van der Waals surface area contributed by atoms with E-state index in [4.69, 9.17) is 11.6 Å². The molecule has 0 unspecified atom stereocenters. The van der Waals surface area contributed by atoms with Gasteiger partial charge in [0.15, 0.2) is 0 Å². The maximum absolute atomic E-state index is 6.09. The summed E-state index contributed by atoms with van der Waals surface area (Å²) in [7, 11) is 1.94. The molecule has 0 bridgehead atoms. The summed E-state index contributed by atoms with van der Waals surface area (Å²) < 4.78 is 1.83. The first-order valence-electron chi connectivity index (χ1n) is 6.08. The van der Waals surface area contributed by atoms with Gasteiger partial charge in [-0.3, -0.25) is 4.68 Å². The van der Waals surface area contributed by atoms with Crippen molar-refractivity contribution in [1.29, 1.82) is 0 Å². The van der Waals surface area contributed by atoms with Crippen LogP contribution in [0.4, 0.5) is 0 Å². The zero-order valence-electron chi connectivity index (χ0n) is 10.8. The van der Waals surface area contributed by atoms with Crippen molar-refractivity contribution in [3.63, 3.8) is 0 Å². The first-order valence-corrected chi connectivity index (χ1v) is 6.46. The molecule has 0 amide bonds. The van der Waals surface area contributed by atoms with E-state index in [-0.39, 0.29) is 0 Å². The average molecular weight is 264 g/mol. The monoisotopic (exact) mass is 263 g/mol. The fraction of sp³-hybridized carbons (Fsp3) is 0.357. The Labute approximate surface area is 113 Å². The number of nitrogens with one attached hydrogen (secondary N) is 1. The highest BCUT2D eigenvalue weighted by Gasteiger charge is 1.99. The zero-order valence-corrected chi connectivity index (χ0v) is 11.5. The molecule has 2 aromatic rings. The smallest absolute Gasteiger partial charge is 0.0522 e. The third-order valence-electron chi connectivity index (χ3n) is 2.91. The van der Waals surface area contributed by atoms with Gasteiger partial charge in [0.05, 0.1) is 6.20 Å². The molecule has 1 N–H and O–H groups in total. The highest BCUT2D eigenvalue weighted by molar-refractivity contribution is 6.31. The Balaban J connectivity index is 1.76. The van der Waals surface area contributed by atoms with Crippen LogP contribution in [0.5, 0.6) is 0 Å². The number of halogens is 1. The molecule has 0 spiro atoms. The highest BCUT2D eigenvalue weighted by atomic mass is 35.5. The van der Waals surface area contributed by atoms with E-state index in [1.165, 1.54) is 11.1 Å². The van der Waals surface area contributed by atoms with E-state index in [1.54, 1.807) is 0 Å². The molecule has 2 rings (SSSR count). The van der Waals surface area contributed by atoms with Gasteiger partial charge in [-0.25, -0.2) is 0 Å². The molecule has 0 aliphatic carbocycles. The lowest BCUT2D eigenvalue weighted by Gasteiger charge is -2.05. The summed E-state index contributed by atoms with van der Waals surface area (Å²) >= 11 is 6.09.